The molecule has 2 aromatic carbocycles. The Kier molecular flexibility index (Phi) is 3.96. The van der Waals surface area contributed by atoms with Crippen LogP contribution in [0.1, 0.15) is 15.9 Å². The Morgan fingerprint density at radius 1 is 1.22 bits per heavy atom. The number of hydrogen-bond donors (Lipinski definition) is 1. The maximum absolute atomic E-state index is 13.6. The fraction of sp³-hybridized carbons (Fsp3) is 0.0714. The fourth-order valence-corrected chi connectivity index (χ4v) is 2.02. The quantitative estimate of drug-likeness (QED) is 0.811. The Labute approximate surface area is 118 Å². The van der Waals surface area contributed by atoms with E-state index in [1.807, 2.05) is 35.6 Å². The van der Waals surface area contributed by atoms with Crippen molar-refractivity contribution in [2.45, 2.75) is 6.92 Å². The van der Waals surface area contributed by atoms with Crippen molar-refractivity contribution in [2.75, 3.05) is 5.32 Å². The molecule has 0 spiro atoms. The van der Waals surface area contributed by atoms with Gasteiger partial charge in [0.25, 0.3) is 5.91 Å². The molecular weight excluding hydrogens is 344 g/mol. The highest BCUT2D eigenvalue weighted by Gasteiger charge is 2.09. The van der Waals surface area contributed by atoms with Gasteiger partial charge in [0.1, 0.15) is 5.82 Å². The predicted molar refractivity (Wildman–Crippen MR) is 78.2 cm³/mol. The molecule has 2 nitrogen and oxygen atoms in total. The molecule has 0 saturated carbocycles. The molecule has 0 unspecified atom stereocenters. The molecule has 0 radical (unpaired) electrons. The molecule has 2 rings (SSSR count). The van der Waals surface area contributed by atoms with Gasteiger partial charge in [0, 0.05) is 9.13 Å². The largest absolute Gasteiger partial charge is 0.319 e. The van der Waals surface area contributed by atoms with Gasteiger partial charge in [0.2, 0.25) is 0 Å². The van der Waals surface area contributed by atoms with Gasteiger partial charge in [0.15, 0.2) is 0 Å². The van der Waals surface area contributed by atoms with Crippen molar-refractivity contribution >= 4 is 34.2 Å². The van der Waals surface area contributed by atoms with Crippen molar-refractivity contribution < 1.29 is 9.18 Å². The van der Waals surface area contributed by atoms with Crippen LogP contribution >= 0.6 is 22.6 Å². The van der Waals surface area contributed by atoms with Gasteiger partial charge < -0.3 is 5.32 Å². The number of halogens is 2. The van der Waals surface area contributed by atoms with E-state index in [1.54, 1.807) is 30.3 Å². The monoisotopic (exact) mass is 355 g/mol. The molecule has 0 aliphatic carbocycles. The van der Waals surface area contributed by atoms with E-state index in [0.29, 0.717) is 5.56 Å². The minimum Gasteiger partial charge on any atom is -0.319 e. The third kappa shape index (κ3) is 3.07. The highest BCUT2D eigenvalue weighted by atomic mass is 127. The lowest BCUT2D eigenvalue weighted by atomic mass is 10.1. The van der Waals surface area contributed by atoms with Crippen LogP contribution in [0.4, 0.5) is 10.1 Å². The van der Waals surface area contributed by atoms with E-state index in [0.717, 1.165) is 9.13 Å². The van der Waals surface area contributed by atoms with E-state index in [9.17, 15) is 9.18 Å². The third-order valence-corrected chi connectivity index (χ3v) is 3.13. The number of anilines is 1. The van der Waals surface area contributed by atoms with E-state index < -0.39 is 5.82 Å². The Morgan fingerprint density at radius 3 is 2.67 bits per heavy atom. The summed E-state index contributed by atoms with van der Waals surface area (Å²) in [6, 6.07) is 11.9. The third-order valence-electron chi connectivity index (χ3n) is 2.46. The lowest BCUT2D eigenvalue weighted by Crippen LogP contribution is -2.13. The second-order valence-corrected chi connectivity index (χ2v) is 5.19. The highest BCUT2D eigenvalue weighted by Crippen LogP contribution is 2.18. The zero-order valence-electron chi connectivity index (χ0n) is 9.71. The van der Waals surface area contributed by atoms with Crippen LogP contribution in [0.15, 0.2) is 42.5 Å². The minimum absolute atomic E-state index is 0.196. The molecule has 4 heteroatoms. The van der Waals surface area contributed by atoms with Gasteiger partial charge >= 0.3 is 0 Å². The van der Waals surface area contributed by atoms with Crippen molar-refractivity contribution in [3.63, 3.8) is 0 Å². The van der Waals surface area contributed by atoms with Crippen LogP contribution in [0.5, 0.6) is 0 Å². The van der Waals surface area contributed by atoms with Gasteiger partial charge in [-0.2, -0.15) is 0 Å². The Hall–Kier alpha value is -1.43. The normalized spacial score (nSPS) is 10.2. The molecule has 0 atom stereocenters. The number of rotatable bonds is 2. The van der Waals surface area contributed by atoms with Crippen molar-refractivity contribution in [1.29, 1.82) is 0 Å². The number of carbonyl (C=O) groups excluding carboxylic acids is 1. The van der Waals surface area contributed by atoms with Crippen LogP contribution in [-0.2, 0) is 0 Å². The van der Waals surface area contributed by atoms with Crippen molar-refractivity contribution in [3.05, 3.63) is 63.0 Å². The second kappa shape index (κ2) is 5.48. The second-order valence-electron chi connectivity index (χ2n) is 3.95. The summed E-state index contributed by atoms with van der Waals surface area (Å²) >= 11 is 2.02. The van der Waals surface area contributed by atoms with Crippen molar-refractivity contribution in [1.82, 2.24) is 0 Å². The summed E-state index contributed by atoms with van der Waals surface area (Å²) in [7, 11) is 0. The first kappa shape index (κ1) is 13.0. The molecule has 0 aromatic heterocycles. The van der Waals surface area contributed by atoms with E-state index in [1.165, 1.54) is 6.07 Å². The van der Waals surface area contributed by atoms with Crippen LogP contribution in [0, 0.1) is 16.3 Å². The minimum atomic E-state index is -0.428. The van der Waals surface area contributed by atoms with Gasteiger partial charge in [-0.05, 0) is 59.8 Å². The van der Waals surface area contributed by atoms with Crippen LogP contribution in [0.2, 0.25) is 0 Å². The van der Waals surface area contributed by atoms with Gasteiger partial charge in [0.05, 0.1) is 5.69 Å². The predicted octanol–water partition coefficient (Wildman–Crippen LogP) is 3.99. The highest BCUT2D eigenvalue weighted by molar-refractivity contribution is 14.1. The van der Waals surface area contributed by atoms with E-state index in [2.05, 4.69) is 5.32 Å². The molecule has 2 aromatic rings. The van der Waals surface area contributed by atoms with Crippen LogP contribution in [-0.4, -0.2) is 5.91 Å². The Balaban J connectivity index is 2.21. The number of carbonyl (C=O) groups is 1. The van der Waals surface area contributed by atoms with Crippen LogP contribution in [0.25, 0.3) is 0 Å². The summed E-state index contributed by atoms with van der Waals surface area (Å²) in [6.45, 7) is 1.91. The average Bonchev–Trinajstić information content (AvgIpc) is 2.32. The fourth-order valence-electron chi connectivity index (χ4n) is 1.57. The molecule has 0 fully saturated rings. The number of hydrogen-bond acceptors (Lipinski definition) is 1. The first-order chi connectivity index (χ1) is 8.56. The summed E-state index contributed by atoms with van der Waals surface area (Å²) in [6.07, 6.45) is 0. The Morgan fingerprint density at radius 2 is 2.00 bits per heavy atom. The van der Waals surface area contributed by atoms with E-state index in [4.69, 9.17) is 0 Å². The SMILES string of the molecule is Cc1cccc(C(=O)Nc2ccc(I)cc2F)c1. The molecular formula is C14H11FINO. The first-order valence-corrected chi connectivity index (χ1v) is 6.47. The molecule has 0 aliphatic rings. The summed E-state index contributed by atoms with van der Waals surface area (Å²) in [5.74, 6) is -0.735. The maximum Gasteiger partial charge on any atom is 0.255 e. The first-order valence-electron chi connectivity index (χ1n) is 5.39. The van der Waals surface area contributed by atoms with E-state index >= 15 is 0 Å². The summed E-state index contributed by atoms with van der Waals surface area (Å²) in [4.78, 5) is 11.9. The number of aryl methyl sites for hydroxylation is 1. The lowest BCUT2D eigenvalue weighted by Gasteiger charge is -2.07. The molecule has 1 amide bonds. The average molecular weight is 355 g/mol. The number of nitrogens with one attached hydrogen (secondary N) is 1. The van der Waals surface area contributed by atoms with Gasteiger partial charge in [-0.15, -0.1) is 0 Å². The maximum atomic E-state index is 13.6. The molecule has 0 bridgehead atoms. The zero-order valence-corrected chi connectivity index (χ0v) is 11.9. The molecule has 18 heavy (non-hydrogen) atoms. The van der Waals surface area contributed by atoms with Crippen molar-refractivity contribution in [2.24, 2.45) is 0 Å². The lowest BCUT2D eigenvalue weighted by molar-refractivity contribution is 0.102. The Bertz CT molecular complexity index is 598. The smallest absolute Gasteiger partial charge is 0.255 e. The van der Waals surface area contributed by atoms with Gasteiger partial charge in [-0.3, -0.25) is 4.79 Å². The van der Waals surface area contributed by atoms with Crippen LogP contribution in [0.3, 0.4) is 0 Å². The molecule has 1 N–H and O–H groups in total. The van der Waals surface area contributed by atoms with Gasteiger partial charge in [-0.1, -0.05) is 17.7 Å². The standard InChI is InChI=1S/C14H11FINO/c1-9-3-2-4-10(7-9)14(18)17-13-6-5-11(16)8-12(13)15/h2-8H,1H3,(H,17,18). The molecule has 92 valence electrons. The van der Waals surface area contributed by atoms with Gasteiger partial charge in [-0.25, -0.2) is 4.39 Å². The van der Waals surface area contributed by atoms with Crippen LogP contribution < -0.4 is 5.32 Å². The summed E-state index contributed by atoms with van der Waals surface area (Å²) in [5, 5.41) is 2.56. The summed E-state index contributed by atoms with van der Waals surface area (Å²) in [5.41, 5.74) is 1.71. The molecule has 0 heterocycles. The zero-order chi connectivity index (χ0) is 13.1. The van der Waals surface area contributed by atoms with E-state index in [-0.39, 0.29) is 11.6 Å². The molecule has 0 saturated heterocycles. The number of benzene rings is 2. The van der Waals surface area contributed by atoms with Crippen molar-refractivity contribution in [3.8, 4) is 0 Å². The topological polar surface area (TPSA) is 29.1 Å². The number of amides is 1. The summed E-state index contributed by atoms with van der Waals surface area (Å²) < 4.78 is 14.4. The molecule has 0 aliphatic heterocycles.